The van der Waals surface area contributed by atoms with Gasteiger partial charge in [-0.15, -0.1) is 0 Å². The minimum absolute atomic E-state index is 0.654. The number of hydrogen-bond acceptors (Lipinski definition) is 1. The summed E-state index contributed by atoms with van der Waals surface area (Å²) >= 11 is -1.83. The van der Waals surface area contributed by atoms with Gasteiger partial charge in [0, 0.05) is 6.54 Å². The monoisotopic (exact) mass is 347 g/mol. The smallest absolute Gasteiger partial charge is 0.231 e. The summed E-state index contributed by atoms with van der Waals surface area (Å²) in [4.78, 5) is 0. The first-order valence-electron chi connectivity index (χ1n) is 10.1. The van der Waals surface area contributed by atoms with E-state index in [1.807, 2.05) is 0 Å². The summed E-state index contributed by atoms with van der Waals surface area (Å²) < 4.78 is 21.4. The van der Waals surface area contributed by atoms with Crippen molar-refractivity contribution in [2.24, 2.45) is 0 Å². The fourth-order valence-electron chi connectivity index (χ4n) is 3.01. The quantitative estimate of drug-likeness (QED) is 0.211. The zero-order valence-corrected chi connectivity index (χ0v) is 16.3. The van der Waals surface area contributed by atoms with Crippen molar-refractivity contribution in [3.63, 3.8) is 0 Å². The molecule has 0 aromatic carbocycles. The first kappa shape index (κ1) is 23.1. The Morgan fingerprint density at radius 1 is 0.609 bits per heavy atom. The highest BCUT2D eigenvalue weighted by atomic mass is 32.2. The molecule has 0 aliphatic carbocycles. The normalized spacial score (nSPS) is 12.6. The van der Waals surface area contributed by atoms with Gasteiger partial charge in [-0.05, 0) is 6.42 Å². The van der Waals surface area contributed by atoms with Crippen molar-refractivity contribution in [2.75, 3.05) is 6.54 Å². The van der Waals surface area contributed by atoms with Gasteiger partial charge in [-0.2, -0.15) is 0 Å². The predicted molar refractivity (Wildman–Crippen MR) is 103 cm³/mol. The molecule has 0 bridgehead atoms. The summed E-state index contributed by atoms with van der Waals surface area (Å²) in [5.74, 6) is 0. The molecule has 0 heterocycles. The van der Waals surface area contributed by atoms with Crippen LogP contribution in [0.1, 0.15) is 116 Å². The molecule has 2 N–H and O–H groups in total. The molecule has 1 unspecified atom stereocenters. The van der Waals surface area contributed by atoms with Gasteiger partial charge in [0.2, 0.25) is 11.3 Å². The molecule has 23 heavy (non-hydrogen) atoms. The lowest BCUT2D eigenvalue weighted by Gasteiger charge is -2.03. The average molecular weight is 348 g/mol. The van der Waals surface area contributed by atoms with Crippen LogP contribution in [0, 0.1) is 0 Å². The van der Waals surface area contributed by atoms with Gasteiger partial charge in [-0.25, -0.2) is 8.93 Å². The summed E-state index contributed by atoms with van der Waals surface area (Å²) in [7, 11) is 0. The Morgan fingerprint density at radius 2 is 0.913 bits per heavy atom. The molecule has 1 atom stereocenters. The maximum absolute atomic E-state index is 10.4. The molecule has 0 saturated heterocycles. The molecule has 0 aliphatic rings. The Kier molecular flexibility index (Phi) is 20.2. The second-order valence-electron chi connectivity index (χ2n) is 6.80. The zero-order chi connectivity index (χ0) is 17.0. The van der Waals surface area contributed by atoms with Crippen LogP contribution in [0.15, 0.2) is 0 Å². The summed E-state index contributed by atoms with van der Waals surface area (Å²) in [6.45, 7) is 2.93. The maximum Gasteiger partial charge on any atom is 0.231 e. The van der Waals surface area contributed by atoms with Gasteiger partial charge in [-0.3, -0.25) is 4.55 Å². The van der Waals surface area contributed by atoms with Crippen LogP contribution in [-0.4, -0.2) is 15.3 Å². The van der Waals surface area contributed by atoms with E-state index >= 15 is 0 Å². The van der Waals surface area contributed by atoms with E-state index in [0.717, 1.165) is 6.42 Å². The third kappa shape index (κ3) is 22.1. The summed E-state index contributed by atoms with van der Waals surface area (Å²) in [5.41, 5.74) is 0. The van der Waals surface area contributed by atoms with Gasteiger partial charge < -0.3 is 0 Å². The average Bonchev–Trinajstić information content (AvgIpc) is 2.53. The van der Waals surface area contributed by atoms with Gasteiger partial charge in [-0.1, -0.05) is 110 Å². The molecule has 4 heteroatoms. The van der Waals surface area contributed by atoms with Crippen LogP contribution < -0.4 is 4.72 Å². The molecule has 140 valence electrons. The van der Waals surface area contributed by atoms with Gasteiger partial charge in [0.05, 0.1) is 0 Å². The zero-order valence-electron chi connectivity index (χ0n) is 15.5. The van der Waals surface area contributed by atoms with Crippen molar-refractivity contribution >= 4 is 11.3 Å². The standard InChI is InChI=1S/C19H41NO2S/c1-2-3-4-5-6-7-8-9-10-11-12-13-14-15-16-17-18-19-20-23(21)22/h20H,2-19H2,1H3,(H,21,22). The minimum Gasteiger partial charge on any atom is -0.294 e. The van der Waals surface area contributed by atoms with E-state index in [4.69, 9.17) is 4.55 Å². The van der Waals surface area contributed by atoms with Gasteiger partial charge >= 0.3 is 0 Å². The molecular formula is C19H41NO2S. The second kappa shape index (κ2) is 20.1. The molecule has 3 nitrogen and oxygen atoms in total. The van der Waals surface area contributed by atoms with E-state index in [-0.39, 0.29) is 0 Å². The van der Waals surface area contributed by atoms with E-state index < -0.39 is 11.3 Å². The van der Waals surface area contributed by atoms with Crippen LogP contribution >= 0.6 is 0 Å². The second-order valence-corrected chi connectivity index (χ2v) is 7.59. The predicted octanol–water partition coefficient (Wildman–Crippen LogP) is 6.36. The molecule has 0 radical (unpaired) electrons. The number of nitrogens with one attached hydrogen (secondary N) is 1. The lowest BCUT2D eigenvalue weighted by atomic mass is 10.0. The molecule has 0 amide bonds. The summed E-state index contributed by atoms with van der Waals surface area (Å²) in [5, 5.41) is 0. The highest BCUT2D eigenvalue weighted by Gasteiger charge is 1.95. The number of unbranched alkanes of at least 4 members (excludes halogenated alkanes) is 16. The molecular weight excluding hydrogens is 306 g/mol. The first-order chi connectivity index (χ1) is 11.3. The number of hydrogen-bond donors (Lipinski definition) is 2. The van der Waals surface area contributed by atoms with E-state index in [0.29, 0.717) is 6.54 Å². The SMILES string of the molecule is CCCCCCCCCCCCCCCCCCCNS(=O)O. The van der Waals surface area contributed by atoms with E-state index in [2.05, 4.69) is 11.6 Å². The van der Waals surface area contributed by atoms with Crippen molar-refractivity contribution < 1.29 is 8.76 Å². The van der Waals surface area contributed by atoms with Crippen molar-refractivity contribution in [1.29, 1.82) is 0 Å². The molecule has 0 fully saturated rings. The van der Waals surface area contributed by atoms with Crippen molar-refractivity contribution in [3.05, 3.63) is 0 Å². The highest BCUT2D eigenvalue weighted by molar-refractivity contribution is 7.77. The van der Waals surface area contributed by atoms with Crippen LogP contribution in [-0.2, 0) is 11.3 Å². The van der Waals surface area contributed by atoms with Crippen molar-refractivity contribution in [2.45, 2.75) is 116 Å². The highest BCUT2D eigenvalue weighted by Crippen LogP contribution is 2.13. The summed E-state index contributed by atoms with van der Waals surface area (Å²) in [6.07, 6.45) is 23.2. The lowest BCUT2D eigenvalue weighted by Crippen LogP contribution is -2.17. The fraction of sp³-hybridized carbons (Fsp3) is 1.00. The van der Waals surface area contributed by atoms with Gasteiger partial charge in [0.15, 0.2) is 0 Å². The van der Waals surface area contributed by atoms with E-state index in [9.17, 15) is 4.21 Å². The third-order valence-corrected chi connectivity index (χ3v) is 4.96. The van der Waals surface area contributed by atoms with Crippen molar-refractivity contribution in [1.82, 2.24) is 4.72 Å². The van der Waals surface area contributed by atoms with Gasteiger partial charge in [0.1, 0.15) is 0 Å². The molecule has 0 spiro atoms. The maximum atomic E-state index is 10.4. The molecule has 0 aromatic rings. The Balaban J connectivity index is 2.96. The third-order valence-electron chi connectivity index (χ3n) is 4.51. The Hall–Kier alpha value is 0.0700. The fourth-order valence-corrected chi connectivity index (χ4v) is 3.33. The van der Waals surface area contributed by atoms with Crippen LogP contribution in [0.25, 0.3) is 0 Å². The van der Waals surface area contributed by atoms with Crippen LogP contribution in [0.2, 0.25) is 0 Å². The number of rotatable bonds is 19. The van der Waals surface area contributed by atoms with E-state index in [1.165, 1.54) is 103 Å². The Bertz CT molecular complexity index is 250. The van der Waals surface area contributed by atoms with Crippen LogP contribution in [0.5, 0.6) is 0 Å². The molecule has 0 aliphatic heterocycles. The largest absolute Gasteiger partial charge is 0.294 e. The van der Waals surface area contributed by atoms with Crippen LogP contribution in [0.4, 0.5) is 0 Å². The Morgan fingerprint density at radius 3 is 1.22 bits per heavy atom. The topological polar surface area (TPSA) is 49.3 Å². The lowest BCUT2D eigenvalue weighted by molar-refractivity contribution is 0.523. The summed E-state index contributed by atoms with van der Waals surface area (Å²) in [6, 6.07) is 0. The van der Waals surface area contributed by atoms with Gasteiger partial charge in [0.25, 0.3) is 0 Å². The van der Waals surface area contributed by atoms with Crippen molar-refractivity contribution in [3.8, 4) is 0 Å². The minimum atomic E-state index is -1.83. The first-order valence-corrected chi connectivity index (χ1v) is 11.2. The molecule has 0 saturated carbocycles. The Labute approximate surface area is 147 Å². The molecule has 0 rings (SSSR count). The van der Waals surface area contributed by atoms with Crippen LogP contribution in [0.3, 0.4) is 0 Å². The van der Waals surface area contributed by atoms with E-state index in [1.54, 1.807) is 0 Å². The molecule has 0 aromatic heterocycles.